The van der Waals surface area contributed by atoms with Gasteiger partial charge in [0.25, 0.3) is 0 Å². The van der Waals surface area contributed by atoms with E-state index < -0.39 is 37.9 Å². The zero-order valence-electron chi connectivity index (χ0n) is 19.4. The van der Waals surface area contributed by atoms with E-state index in [0.717, 1.165) is 0 Å². The largest absolute Gasteiger partial charge is 0.461 e. The van der Waals surface area contributed by atoms with E-state index in [0.29, 0.717) is 19.4 Å². The van der Waals surface area contributed by atoms with E-state index in [2.05, 4.69) is 43.9 Å². The third-order valence-corrected chi connectivity index (χ3v) is 9.37. The van der Waals surface area contributed by atoms with Crippen LogP contribution in [0, 0.1) is 0 Å². The van der Waals surface area contributed by atoms with Gasteiger partial charge in [-0.3, -0.25) is 0 Å². The number of unbranched alkanes of at least 4 members (excludes halogenated alkanes) is 1. The molecule has 6 nitrogen and oxygen atoms in total. The van der Waals surface area contributed by atoms with E-state index in [9.17, 15) is 18.4 Å². The van der Waals surface area contributed by atoms with Crippen LogP contribution in [0.25, 0.3) is 0 Å². The van der Waals surface area contributed by atoms with Crippen molar-refractivity contribution in [2.45, 2.75) is 103 Å². The quantitative estimate of drug-likeness (QED) is 0.285. The van der Waals surface area contributed by atoms with Crippen LogP contribution in [-0.2, 0) is 18.7 Å². The lowest BCUT2D eigenvalue weighted by Gasteiger charge is -2.36. The SMILES string of the molecule is CCOC(=O)C(F)(F)[C@H](CCCCO[Si](C)(C)C(C)(C)C)NC(=O)OC(C)(C)C. The highest BCUT2D eigenvalue weighted by atomic mass is 28.4. The van der Waals surface area contributed by atoms with Crippen molar-refractivity contribution >= 4 is 20.4 Å². The summed E-state index contributed by atoms with van der Waals surface area (Å²) in [6.07, 6.45) is -0.211. The second-order valence-electron chi connectivity index (χ2n) is 9.65. The van der Waals surface area contributed by atoms with Crippen molar-refractivity contribution in [3.8, 4) is 0 Å². The second kappa shape index (κ2) is 10.7. The first-order valence-electron chi connectivity index (χ1n) is 10.1. The van der Waals surface area contributed by atoms with Crippen molar-refractivity contribution in [3.63, 3.8) is 0 Å². The molecule has 0 aliphatic heterocycles. The Morgan fingerprint density at radius 3 is 2.03 bits per heavy atom. The number of alkyl halides is 2. The maximum Gasteiger partial charge on any atom is 0.408 e. The molecule has 0 aromatic heterocycles. The van der Waals surface area contributed by atoms with E-state index >= 15 is 0 Å². The smallest absolute Gasteiger partial charge is 0.408 e. The number of halogens is 2. The van der Waals surface area contributed by atoms with Gasteiger partial charge in [0, 0.05) is 6.61 Å². The molecular weight excluding hydrogens is 400 g/mol. The first-order valence-corrected chi connectivity index (χ1v) is 13.0. The molecule has 0 spiro atoms. The molecule has 0 bridgehead atoms. The lowest BCUT2D eigenvalue weighted by atomic mass is 10.0. The highest BCUT2D eigenvalue weighted by Gasteiger charge is 2.49. The molecule has 0 saturated heterocycles. The van der Waals surface area contributed by atoms with Crippen LogP contribution in [0.4, 0.5) is 13.6 Å². The molecule has 0 aromatic rings. The van der Waals surface area contributed by atoms with E-state index in [-0.39, 0.29) is 18.1 Å². The van der Waals surface area contributed by atoms with Crippen molar-refractivity contribution in [1.82, 2.24) is 5.32 Å². The molecular formula is C20H39F2NO5Si. The van der Waals surface area contributed by atoms with Gasteiger partial charge in [-0.25, -0.2) is 9.59 Å². The van der Waals surface area contributed by atoms with Gasteiger partial charge in [0.05, 0.1) is 6.61 Å². The van der Waals surface area contributed by atoms with Crippen LogP contribution in [0.15, 0.2) is 0 Å². The van der Waals surface area contributed by atoms with Crippen LogP contribution in [0.2, 0.25) is 18.1 Å². The molecule has 29 heavy (non-hydrogen) atoms. The molecule has 0 aliphatic carbocycles. The maximum absolute atomic E-state index is 14.5. The number of nitrogens with one attached hydrogen (secondary N) is 1. The van der Waals surface area contributed by atoms with E-state index in [1.165, 1.54) is 6.92 Å². The van der Waals surface area contributed by atoms with Gasteiger partial charge in [-0.15, -0.1) is 0 Å². The Bertz CT molecular complexity index is 542. The number of ether oxygens (including phenoxy) is 2. The standard InChI is InChI=1S/C20H39F2NO5Si/c1-10-26-16(24)20(21,22)15(23-17(25)28-18(2,3)4)13-11-12-14-27-29(8,9)19(5,6)7/h15H,10-14H2,1-9H3,(H,23,25)/t15-/m0/s1. The Kier molecular flexibility index (Phi) is 10.2. The third kappa shape index (κ3) is 9.89. The molecule has 1 amide bonds. The van der Waals surface area contributed by atoms with Crippen LogP contribution in [-0.4, -0.2) is 51.2 Å². The first kappa shape index (κ1) is 27.8. The van der Waals surface area contributed by atoms with E-state index in [1.807, 2.05) is 0 Å². The van der Waals surface area contributed by atoms with Gasteiger partial charge < -0.3 is 19.2 Å². The normalized spacial score (nSPS) is 14.3. The van der Waals surface area contributed by atoms with Crippen molar-refractivity contribution in [2.24, 2.45) is 0 Å². The highest BCUT2D eigenvalue weighted by molar-refractivity contribution is 6.74. The Morgan fingerprint density at radius 2 is 1.59 bits per heavy atom. The zero-order valence-corrected chi connectivity index (χ0v) is 20.4. The predicted octanol–water partition coefficient (Wildman–Crippen LogP) is 5.27. The maximum atomic E-state index is 14.5. The fourth-order valence-corrected chi connectivity index (χ4v) is 3.25. The fourth-order valence-electron chi connectivity index (χ4n) is 2.16. The Balaban J connectivity index is 4.96. The van der Waals surface area contributed by atoms with Crippen LogP contribution in [0.1, 0.15) is 67.7 Å². The average molecular weight is 440 g/mol. The number of carbonyl (C=O) groups excluding carboxylic acids is 2. The van der Waals surface area contributed by atoms with Crippen molar-refractivity contribution in [3.05, 3.63) is 0 Å². The molecule has 0 saturated carbocycles. The third-order valence-electron chi connectivity index (χ3n) is 4.83. The van der Waals surface area contributed by atoms with Crippen molar-refractivity contribution in [1.29, 1.82) is 0 Å². The monoisotopic (exact) mass is 439 g/mol. The highest BCUT2D eigenvalue weighted by Crippen LogP contribution is 2.36. The molecule has 0 heterocycles. The number of alkyl carbamates (subject to hydrolysis) is 1. The Hall–Kier alpha value is -1.22. The van der Waals surface area contributed by atoms with Gasteiger partial charge in [0.15, 0.2) is 8.32 Å². The number of hydrogen-bond donors (Lipinski definition) is 1. The van der Waals surface area contributed by atoms with Gasteiger partial charge >= 0.3 is 18.0 Å². The number of hydrogen-bond acceptors (Lipinski definition) is 5. The molecule has 172 valence electrons. The first-order chi connectivity index (χ1) is 12.9. The molecule has 1 atom stereocenters. The lowest BCUT2D eigenvalue weighted by Crippen LogP contribution is -2.53. The number of rotatable bonds is 10. The summed E-state index contributed by atoms with van der Waals surface area (Å²) < 4.78 is 44.7. The number of amides is 1. The van der Waals surface area contributed by atoms with Gasteiger partial charge in [0.2, 0.25) is 0 Å². The minimum Gasteiger partial charge on any atom is -0.461 e. The number of esters is 1. The molecule has 0 aliphatic rings. The number of carbonyl (C=O) groups is 2. The zero-order chi connectivity index (χ0) is 23.1. The predicted molar refractivity (Wildman–Crippen MR) is 112 cm³/mol. The Labute approximate surface area is 175 Å². The summed E-state index contributed by atoms with van der Waals surface area (Å²) in [5, 5.41) is 2.20. The summed E-state index contributed by atoms with van der Waals surface area (Å²) in [6, 6.07) is -1.72. The van der Waals surface area contributed by atoms with Crippen LogP contribution < -0.4 is 5.32 Å². The van der Waals surface area contributed by atoms with Gasteiger partial charge in [-0.1, -0.05) is 20.8 Å². The van der Waals surface area contributed by atoms with E-state index in [1.54, 1.807) is 20.8 Å². The van der Waals surface area contributed by atoms with Crippen molar-refractivity contribution in [2.75, 3.05) is 13.2 Å². The average Bonchev–Trinajstić information content (AvgIpc) is 2.50. The summed E-state index contributed by atoms with van der Waals surface area (Å²) in [6.45, 7) is 17.2. The molecule has 0 aromatic carbocycles. The second-order valence-corrected chi connectivity index (χ2v) is 14.5. The van der Waals surface area contributed by atoms with Crippen LogP contribution in [0.3, 0.4) is 0 Å². The molecule has 1 N–H and O–H groups in total. The molecule has 0 fully saturated rings. The molecule has 9 heteroatoms. The van der Waals surface area contributed by atoms with Crippen LogP contribution >= 0.6 is 0 Å². The summed E-state index contributed by atoms with van der Waals surface area (Å²) in [5.41, 5.74) is -0.842. The Morgan fingerprint density at radius 1 is 1.03 bits per heavy atom. The summed E-state index contributed by atoms with van der Waals surface area (Å²) in [7, 11) is -1.91. The lowest BCUT2D eigenvalue weighted by molar-refractivity contribution is -0.176. The topological polar surface area (TPSA) is 73.9 Å². The molecule has 0 unspecified atom stereocenters. The summed E-state index contributed by atoms with van der Waals surface area (Å²) >= 11 is 0. The summed E-state index contributed by atoms with van der Waals surface area (Å²) in [4.78, 5) is 23.7. The molecule has 0 rings (SSSR count). The minimum atomic E-state index is -3.85. The minimum absolute atomic E-state index is 0.0603. The van der Waals surface area contributed by atoms with Gasteiger partial charge in [0.1, 0.15) is 11.6 Å². The van der Waals surface area contributed by atoms with E-state index in [4.69, 9.17) is 9.16 Å². The van der Waals surface area contributed by atoms with Crippen molar-refractivity contribution < 1.29 is 32.3 Å². The fraction of sp³-hybridized carbons (Fsp3) is 0.900. The van der Waals surface area contributed by atoms with Gasteiger partial charge in [-0.2, -0.15) is 8.78 Å². The molecule has 0 radical (unpaired) electrons. The summed E-state index contributed by atoms with van der Waals surface area (Å²) in [5.74, 6) is -5.51. The van der Waals surface area contributed by atoms with Gasteiger partial charge in [-0.05, 0) is 65.1 Å². The van der Waals surface area contributed by atoms with Crippen LogP contribution in [0.5, 0.6) is 0 Å².